The van der Waals surface area contributed by atoms with E-state index in [1.54, 1.807) is 19.9 Å². The van der Waals surface area contributed by atoms with Gasteiger partial charge in [-0.15, -0.1) is 0 Å². The van der Waals surface area contributed by atoms with Gasteiger partial charge in [-0.25, -0.2) is 0 Å². The zero-order valence-corrected chi connectivity index (χ0v) is 50.1. The van der Waals surface area contributed by atoms with Gasteiger partial charge in [0.2, 0.25) is 70.9 Å². The average Bonchev–Trinajstić information content (AvgIpc) is 4.23. The van der Waals surface area contributed by atoms with Crippen molar-refractivity contribution < 1.29 is 92.3 Å². The highest BCUT2D eigenvalue weighted by Gasteiger charge is 2.43. The van der Waals surface area contributed by atoms with Gasteiger partial charge in [0.1, 0.15) is 48.3 Å². The zero-order chi connectivity index (χ0) is 64.9. The van der Waals surface area contributed by atoms with Crippen LogP contribution in [0.25, 0.3) is 0 Å². The van der Waals surface area contributed by atoms with Gasteiger partial charge < -0.3 is 83.4 Å². The number of carbonyl (C=O) groups excluding carboxylic acids is 12. The zero-order valence-electron chi connectivity index (χ0n) is 50.1. The summed E-state index contributed by atoms with van der Waals surface area (Å²) in [6, 6.07) is -13.2. The van der Waals surface area contributed by atoms with Crippen LogP contribution in [0.3, 0.4) is 0 Å². The van der Waals surface area contributed by atoms with Crippen molar-refractivity contribution in [2.45, 2.75) is 198 Å². The molecule has 10 unspecified atom stereocenters. The maximum atomic E-state index is 14.8. The molecule has 87 heavy (non-hydrogen) atoms. The minimum absolute atomic E-state index is 0.0163. The average molecular weight is 1230 g/mol. The molecule has 0 aliphatic carbocycles. The van der Waals surface area contributed by atoms with Gasteiger partial charge in [-0.1, -0.05) is 78.7 Å². The normalized spacial score (nSPS) is 24.2. The van der Waals surface area contributed by atoms with Gasteiger partial charge in [-0.3, -0.25) is 71.9 Å². The molecule has 31 nitrogen and oxygen atoms in total. The van der Waals surface area contributed by atoms with Gasteiger partial charge in [-0.2, -0.15) is 0 Å². The number of carboxylic acid groups (broad SMARTS) is 3. The summed E-state index contributed by atoms with van der Waals surface area (Å²) in [5, 5.41) is 62.4. The Hall–Kier alpha value is -8.25. The number of hydrogen-bond acceptors (Lipinski definition) is 16. The Morgan fingerprint density at radius 3 is 1.63 bits per heavy atom. The molecule has 0 bridgehead atoms. The van der Waals surface area contributed by atoms with Crippen LogP contribution in [0.4, 0.5) is 0 Å². The van der Waals surface area contributed by atoms with Crippen molar-refractivity contribution in [2.75, 3.05) is 39.3 Å². The van der Waals surface area contributed by atoms with E-state index in [9.17, 15) is 92.3 Å². The van der Waals surface area contributed by atoms with Crippen molar-refractivity contribution in [2.24, 2.45) is 11.8 Å². The number of rotatable bonds is 22. The molecule has 12 amide bonds. The summed E-state index contributed by atoms with van der Waals surface area (Å²) in [6.45, 7) is 5.02. The number of amides is 12. The summed E-state index contributed by atoms with van der Waals surface area (Å²) in [5.74, 6) is -17.3. The van der Waals surface area contributed by atoms with E-state index in [4.69, 9.17) is 0 Å². The molecule has 0 aromatic rings. The molecule has 0 aromatic carbocycles. The molecule has 3 saturated heterocycles. The van der Waals surface area contributed by atoms with Crippen LogP contribution in [0.2, 0.25) is 0 Å². The van der Waals surface area contributed by atoms with Crippen LogP contribution in [-0.2, 0) is 71.9 Å². The Bertz CT molecular complexity index is 2510. The van der Waals surface area contributed by atoms with E-state index < -0.39 is 195 Å². The number of aliphatic hydroxyl groups excluding tert-OH is 1. The topological polar surface area (TPSA) is 464 Å². The van der Waals surface area contributed by atoms with Crippen LogP contribution in [-0.4, -0.2) is 213 Å². The Labute approximate surface area is 504 Å². The van der Waals surface area contributed by atoms with Gasteiger partial charge in [0, 0.05) is 19.6 Å². The molecule has 3 heterocycles. The molecule has 0 spiro atoms. The van der Waals surface area contributed by atoms with E-state index in [-0.39, 0.29) is 38.8 Å². The van der Waals surface area contributed by atoms with Crippen LogP contribution in [0, 0.1) is 11.8 Å². The van der Waals surface area contributed by atoms with E-state index in [2.05, 4.69) is 67.0 Å². The summed E-state index contributed by atoms with van der Waals surface area (Å²) in [7, 11) is 0. The number of carboxylic acids is 3. The van der Waals surface area contributed by atoms with E-state index in [0.29, 0.717) is 25.2 Å². The second kappa shape index (κ2) is 37.3. The van der Waals surface area contributed by atoms with Crippen LogP contribution >= 0.6 is 0 Å². The first kappa shape index (κ1) is 73.0. The third kappa shape index (κ3) is 25.7. The number of hydrogen-bond donors (Lipinski definition) is 14. The minimum Gasteiger partial charge on any atom is -0.481 e. The monoisotopic (exact) mass is 1230 g/mol. The lowest BCUT2D eigenvalue weighted by Gasteiger charge is -2.37. The first-order chi connectivity index (χ1) is 41.1. The fraction of sp³-hybridized carbons (Fsp3) is 0.696. The predicted octanol–water partition coefficient (Wildman–Crippen LogP) is -3.07. The molecule has 31 heteroatoms. The fourth-order valence-corrected chi connectivity index (χ4v) is 9.94. The van der Waals surface area contributed by atoms with Gasteiger partial charge in [0.25, 0.3) is 0 Å². The molecule has 3 aliphatic rings. The van der Waals surface area contributed by atoms with E-state index in [1.807, 2.05) is 0 Å². The lowest BCUT2D eigenvalue weighted by molar-refractivity contribution is -0.146. The van der Waals surface area contributed by atoms with Crippen LogP contribution in [0.15, 0.2) is 12.2 Å². The highest BCUT2D eigenvalue weighted by Crippen LogP contribution is 2.23. The second-order valence-corrected chi connectivity index (χ2v) is 22.4. The lowest BCUT2D eigenvalue weighted by Crippen LogP contribution is -2.63. The van der Waals surface area contributed by atoms with Crippen LogP contribution < -0.4 is 53.2 Å². The number of piperidine rings is 1. The fourth-order valence-electron chi connectivity index (χ4n) is 9.94. The number of allylic oxidation sites excluding steroid dienone is 1. The summed E-state index contributed by atoms with van der Waals surface area (Å²) < 4.78 is 0. The van der Waals surface area contributed by atoms with Gasteiger partial charge >= 0.3 is 17.9 Å². The maximum Gasteiger partial charge on any atom is 0.305 e. The Kier molecular flexibility index (Phi) is 31.3. The number of unbranched alkanes of at least 4 members (excludes halogenated alkanes) is 6. The number of carbonyl (C=O) groups is 15. The standard InChI is InChI=1S/C56H88N12O19/c1-6-32(4)47-56(87)68-23-17-20-39(68)52(83)57-27-37(64-51(82)36(26-46(78)79)61-40(70)21-14-12-10-8-7-9-11-13-18-31(2)3)55(86)67-22-16-15-19-38(67)53(84)60-29-42(72)63-34(24-44(74)75)49(80)58-28-41(71)62-35(25-45(76)77)50(81)59-30-43(73)65-48(33(5)69)54(85)66-47/h14,21,31-39,47-48,69H,6-13,15-20,22-30H2,1-5H3,(H,57,83)(H,58,80)(H,59,81)(H,60,84)(H,61,70)(H,62,71)(H,63,72)(H,64,82)(H,65,73)(H,66,85)(H,74,75)(H,76,77)(H,78,79). The van der Waals surface area contributed by atoms with Crippen LogP contribution in [0.1, 0.15) is 144 Å². The van der Waals surface area contributed by atoms with E-state index in [1.165, 1.54) is 4.90 Å². The summed E-state index contributed by atoms with van der Waals surface area (Å²) >= 11 is 0. The Morgan fingerprint density at radius 2 is 1.09 bits per heavy atom. The quantitative estimate of drug-likeness (QED) is 0.0378. The smallest absolute Gasteiger partial charge is 0.305 e. The third-order valence-corrected chi connectivity index (χ3v) is 14.9. The van der Waals surface area contributed by atoms with Gasteiger partial charge in [-0.05, 0) is 69.8 Å². The SMILES string of the molecule is CCC(C)C1NC(=O)C(C(C)O)NC(=O)CNC(=O)C(CC(=O)O)NC(=O)CNC(=O)C(CC(=O)O)NC(=O)CNC(=O)C2CCCCN2C(=O)C(NC(=O)C(CC(=O)O)NC(=O)C=CCCCCCCCCC(C)C)CNC(=O)C2CCCN2C1=O. The maximum absolute atomic E-state index is 14.8. The molecule has 3 fully saturated rings. The van der Waals surface area contributed by atoms with Crippen LogP contribution in [0.5, 0.6) is 0 Å². The molecule has 3 rings (SSSR count). The van der Waals surface area contributed by atoms with Gasteiger partial charge in [0.15, 0.2) is 0 Å². The molecular formula is C56H88N12O19. The summed E-state index contributed by atoms with van der Waals surface area (Å²) in [6.07, 6.45) is 7.00. The summed E-state index contributed by atoms with van der Waals surface area (Å²) in [5.41, 5.74) is 0. The van der Waals surface area contributed by atoms with Crippen molar-refractivity contribution >= 4 is 88.8 Å². The number of aliphatic carboxylic acids is 3. The minimum atomic E-state index is -1.90. The molecular weight excluding hydrogens is 1140 g/mol. The molecule has 3 aliphatic heterocycles. The van der Waals surface area contributed by atoms with Crippen molar-refractivity contribution in [3.63, 3.8) is 0 Å². The first-order valence-corrected chi connectivity index (χ1v) is 29.6. The third-order valence-electron chi connectivity index (χ3n) is 14.9. The molecule has 14 N–H and O–H groups in total. The first-order valence-electron chi connectivity index (χ1n) is 29.6. The number of nitrogens with zero attached hydrogens (tertiary/aromatic N) is 2. The summed E-state index contributed by atoms with van der Waals surface area (Å²) in [4.78, 5) is 202. The van der Waals surface area contributed by atoms with Crippen molar-refractivity contribution in [3.05, 3.63) is 12.2 Å². The Morgan fingerprint density at radius 1 is 0.586 bits per heavy atom. The molecule has 0 saturated carbocycles. The molecule has 0 aromatic heterocycles. The van der Waals surface area contributed by atoms with Gasteiger partial charge in [0.05, 0.1) is 45.0 Å². The Balaban J connectivity index is 2.03. The molecule has 0 radical (unpaired) electrons. The van der Waals surface area contributed by atoms with E-state index in [0.717, 1.165) is 62.8 Å². The van der Waals surface area contributed by atoms with E-state index >= 15 is 0 Å². The van der Waals surface area contributed by atoms with Crippen molar-refractivity contribution in [1.82, 2.24) is 63.0 Å². The predicted molar refractivity (Wildman–Crippen MR) is 307 cm³/mol. The van der Waals surface area contributed by atoms with Crippen molar-refractivity contribution in [1.29, 1.82) is 0 Å². The second-order valence-electron chi connectivity index (χ2n) is 22.4. The van der Waals surface area contributed by atoms with Crippen molar-refractivity contribution in [3.8, 4) is 0 Å². The highest BCUT2D eigenvalue weighted by molar-refractivity contribution is 6.00. The number of aliphatic hydroxyl groups is 1. The number of fused-ring (bicyclic) bond motifs is 2. The largest absolute Gasteiger partial charge is 0.481 e. The lowest BCUT2D eigenvalue weighted by atomic mass is 9.96. The molecule has 486 valence electrons. The highest BCUT2D eigenvalue weighted by atomic mass is 16.4. The number of nitrogens with one attached hydrogen (secondary N) is 10. The molecule has 10 atom stereocenters.